The molecule has 0 heterocycles. The van der Waals surface area contributed by atoms with E-state index in [0.29, 0.717) is 18.1 Å². The molecule has 2 rings (SSSR count). The van der Waals surface area contributed by atoms with E-state index in [1.165, 1.54) is 24.1 Å². The summed E-state index contributed by atoms with van der Waals surface area (Å²) in [5.41, 5.74) is 3.64. The number of ether oxygens (including phenoxy) is 1. The molecule has 20 heavy (non-hydrogen) atoms. The first-order valence-electron chi connectivity index (χ1n) is 7.67. The highest BCUT2D eigenvalue weighted by Crippen LogP contribution is 2.27. The second-order valence-corrected chi connectivity index (χ2v) is 6.05. The molecule has 0 saturated heterocycles. The third kappa shape index (κ3) is 4.68. The highest BCUT2D eigenvalue weighted by molar-refractivity contribution is 5.27. The molecule has 110 valence electrons. The maximum Gasteiger partial charge on any atom is 0.0585 e. The molecule has 0 aromatic rings. The van der Waals surface area contributed by atoms with Gasteiger partial charge in [-0.05, 0) is 46.5 Å². The average Bonchev–Trinajstić information content (AvgIpc) is 3.20. The third-order valence-electron chi connectivity index (χ3n) is 3.90. The molecule has 2 heteroatoms. The molecule has 0 radical (unpaired) electrons. The first-order chi connectivity index (χ1) is 9.56. The zero-order valence-corrected chi connectivity index (χ0v) is 13.0. The Balaban J connectivity index is 1.77. The first-order valence-corrected chi connectivity index (χ1v) is 7.67. The van der Waals surface area contributed by atoms with Crippen molar-refractivity contribution in [1.82, 2.24) is 5.32 Å². The topological polar surface area (TPSA) is 21.3 Å². The maximum atomic E-state index is 5.84. The Kier molecular flexibility index (Phi) is 5.24. The fraction of sp³-hybridized carbons (Fsp3) is 0.556. The highest BCUT2D eigenvalue weighted by atomic mass is 16.5. The van der Waals surface area contributed by atoms with Gasteiger partial charge in [-0.1, -0.05) is 36.5 Å². The summed E-state index contributed by atoms with van der Waals surface area (Å²) in [6.45, 7) is 10.6. The van der Waals surface area contributed by atoms with Gasteiger partial charge in [-0.15, -0.1) is 0 Å². The van der Waals surface area contributed by atoms with Crippen molar-refractivity contribution in [3.63, 3.8) is 0 Å². The molecule has 0 aliphatic heterocycles. The van der Waals surface area contributed by atoms with Gasteiger partial charge in [0.15, 0.2) is 0 Å². The number of allylic oxidation sites excluding steroid dienone is 5. The summed E-state index contributed by atoms with van der Waals surface area (Å²) in [6, 6.07) is 0. The molecule has 2 aliphatic carbocycles. The summed E-state index contributed by atoms with van der Waals surface area (Å²) < 4.78 is 5.84. The van der Waals surface area contributed by atoms with E-state index in [4.69, 9.17) is 4.74 Å². The quantitative estimate of drug-likeness (QED) is 0.738. The van der Waals surface area contributed by atoms with Gasteiger partial charge in [-0.2, -0.15) is 0 Å². The largest absolute Gasteiger partial charge is 0.375 e. The molecule has 2 atom stereocenters. The van der Waals surface area contributed by atoms with Crippen LogP contribution in [0.4, 0.5) is 0 Å². The van der Waals surface area contributed by atoms with E-state index in [1.54, 1.807) is 0 Å². The minimum Gasteiger partial charge on any atom is -0.375 e. The predicted molar refractivity (Wildman–Crippen MR) is 85.2 cm³/mol. The molecule has 0 aromatic carbocycles. The molecule has 1 N–H and O–H groups in total. The number of hydrogen-bond acceptors (Lipinski definition) is 2. The van der Waals surface area contributed by atoms with E-state index in [9.17, 15) is 0 Å². The summed E-state index contributed by atoms with van der Waals surface area (Å²) >= 11 is 0. The molecule has 2 nitrogen and oxygen atoms in total. The van der Waals surface area contributed by atoms with Gasteiger partial charge in [0.1, 0.15) is 0 Å². The van der Waals surface area contributed by atoms with Crippen molar-refractivity contribution in [3.05, 3.63) is 47.9 Å². The van der Waals surface area contributed by atoms with Crippen molar-refractivity contribution >= 4 is 0 Å². The van der Waals surface area contributed by atoms with Crippen LogP contribution in [0.1, 0.15) is 46.5 Å². The second-order valence-electron chi connectivity index (χ2n) is 6.05. The van der Waals surface area contributed by atoms with Crippen LogP contribution in [0.5, 0.6) is 0 Å². The van der Waals surface area contributed by atoms with Crippen LogP contribution in [0.3, 0.4) is 0 Å². The second kappa shape index (κ2) is 6.94. The summed E-state index contributed by atoms with van der Waals surface area (Å²) in [4.78, 5) is 0. The van der Waals surface area contributed by atoms with Crippen LogP contribution in [0.15, 0.2) is 47.9 Å². The van der Waals surface area contributed by atoms with Crippen LogP contribution >= 0.6 is 0 Å². The van der Waals surface area contributed by atoms with Crippen molar-refractivity contribution in [2.45, 2.75) is 58.7 Å². The fourth-order valence-corrected chi connectivity index (χ4v) is 2.48. The predicted octanol–water partition coefficient (Wildman–Crippen LogP) is 4.47. The third-order valence-corrected chi connectivity index (χ3v) is 3.90. The average molecular weight is 273 g/mol. The lowest BCUT2D eigenvalue weighted by atomic mass is 9.90. The standard InChI is InChI=1S/C18H27NO/c1-13-7-5-6-8-18(13)16(4)19-14(2)9-10-15(3)20-17-11-12-17/h5-7,9,15,17-19H,4,8,10-12H2,1-3H3/b14-9+. The zero-order valence-electron chi connectivity index (χ0n) is 13.0. The van der Waals surface area contributed by atoms with Gasteiger partial charge >= 0.3 is 0 Å². The van der Waals surface area contributed by atoms with Crippen LogP contribution in [-0.4, -0.2) is 12.2 Å². The van der Waals surface area contributed by atoms with E-state index >= 15 is 0 Å². The van der Waals surface area contributed by atoms with Gasteiger partial charge in [0.25, 0.3) is 0 Å². The lowest BCUT2D eigenvalue weighted by Crippen LogP contribution is -2.20. The smallest absolute Gasteiger partial charge is 0.0585 e. The Morgan fingerprint density at radius 1 is 1.55 bits per heavy atom. The Labute approximate surface area is 123 Å². The summed E-state index contributed by atoms with van der Waals surface area (Å²) in [5, 5.41) is 3.44. The van der Waals surface area contributed by atoms with E-state index in [1.807, 2.05) is 0 Å². The molecule has 0 bridgehead atoms. The van der Waals surface area contributed by atoms with Gasteiger partial charge < -0.3 is 10.1 Å². The fourth-order valence-electron chi connectivity index (χ4n) is 2.48. The molecule has 1 saturated carbocycles. The Morgan fingerprint density at radius 3 is 2.95 bits per heavy atom. The number of rotatable bonds is 7. The van der Waals surface area contributed by atoms with Crippen molar-refractivity contribution in [2.75, 3.05) is 0 Å². The Morgan fingerprint density at radius 2 is 2.30 bits per heavy atom. The zero-order chi connectivity index (χ0) is 14.5. The normalized spacial score (nSPS) is 24.2. The van der Waals surface area contributed by atoms with Crippen molar-refractivity contribution in [2.24, 2.45) is 5.92 Å². The molecule has 2 unspecified atom stereocenters. The van der Waals surface area contributed by atoms with Gasteiger partial charge in [-0.3, -0.25) is 0 Å². The van der Waals surface area contributed by atoms with Crippen LogP contribution in [0, 0.1) is 5.92 Å². The van der Waals surface area contributed by atoms with Gasteiger partial charge in [0, 0.05) is 17.3 Å². The Hall–Kier alpha value is -1.28. The van der Waals surface area contributed by atoms with Crippen molar-refractivity contribution < 1.29 is 4.74 Å². The molecule has 1 fully saturated rings. The molecule has 2 aliphatic rings. The lowest BCUT2D eigenvalue weighted by molar-refractivity contribution is 0.0544. The van der Waals surface area contributed by atoms with E-state index in [0.717, 1.165) is 18.5 Å². The maximum absolute atomic E-state index is 5.84. The highest BCUT2D eigenvalue weighted by Gasteiger charge is 2.24. The van der Waals surface area contributed by atoms with Crippen LogP contribution < -0.4 is 5.32 Å². The molecular formula is C18H27NO. The van der Waals surface area contributed by atoms with E-state index < -0.39 is 0 Å². The SMILES string of the molecule is C=C(N/C(C)=C/CC(C)OC1CC1)C1CC=CC=C1C. The molecule has 0 aromatic heterocycles. The lowest BCUT2D eigenvalue weighted by Gasteiger charge is -2.23. The van der Waals surface area contributed by atoms with E-state index in [-0.39, 0.29) is 0 Å². The Bertz CT molecular complexity index is 440. The van der Waals surface area contributed by atoms with Crippen molar-refractivity contribution in [3.8, 4) is 0 Å². The van der Waals surface area contributed by atoms with Gasteiger partial charge in [0.2, 0.25) is 0 Å². The first kappa shape index (κ1) is 15.1. The van der Waals surface area contributed by atoms with Crippen LogP contribution in [-0.2, 0) is 4.74 Å². The molecule has 0 spiro atoms. The van der Waals surface area contributed by atoms with Crippen LogP contribution in [0.2, 0.25) is 0 Å². The minimum absolute atomic E-state index is 0.312. The molecule has 0 amide bonds. The van der Waals surface area contributed by atoms with Gasteiger partial charge in [-0.25, -0.2) is 0 Å². The number of nitrogens with one attached hydrogen (secondary N) is 1. The summed E-state index contributed by atoms with van der Waals surface area (Å²) in [5.74, 6) is 0.420. The van der Waals surface area contributed by atoms with Gasteiger partial charge in [0.05, 0.1) is 12.2 Å². The van der Waals surface area contributed by atoms with Crippen LogP contribution in [0.25, 0.3) is 0 Å². The minimum atomic E-state index is 0.312. The van der Waals surface area contributed by atoms with E-state index in [2.05, 4.69) is 57.0 Å². The molecular weight excluding hydrogens is 246 g/mol. The number of hydrogen-bond donors (Lipinski definition) is 1. The summed E-state index contributed by atoms with van der Waals surface area (Å²) in [7, 11) is 0. The monoisotopic (exact) mass is 273 g/mol. The van der Waals surface area contributed by atoms with Crippen molar-refractivity contribution in [1.29, 1.82) is 0 Å². The summed E-state index contributed by atoms with van der Waals surface area (Å²) in [6.07, 6.45) is 14.0.